The molecule has 132 valence electrons. The maximum absolute atomic E-state index is 12.2. The number of hydrogen-bond acceptors (Lipinski definition) is 2. The number of halogens is 1. The number of rotatable bonds is 9. The van der Waals surface area contributed by atoms with Crippen molar-refractivity contribution in [3.05, 3.63) is 40.0 Å². The third kappa shape index (κ3) is 5.75. The van der Waals surface area contributed by atoms with Crippen molar-refractivity contribution in [1.29, 1.82) is 5.26 Å². The minimum atomic E-state index is -0.305. The van der Waals surface area contributed by atoms with E-state index in [1.165, 1.54) is 25.7 Å². The number of nitrogens with one attached hydrogen (secondary N) is 2. The van der Waals surface area contributed by atoms with E-state index in [-0.39, 0.29) is 11.5 Å². The van der Waals surface area contributed by atoms with E-state index in [4.69, 9.17) is 0 Å². The van der Waals surface area contributed by atoms with E-state index in [0.29, 0.717) is 6.54 Å². The summed E-state index contributed by atoms with van der Waals surface area (Å²) in [6.07, 6.45) is 10.5. The second-order valence-corrected chi connectivity index (χ2v) is 7.04. The number of aromatic nitrogens is 1. The SMILES string of the molecule is CCCCCCCCNC(=O)C(C#N)=Cc1c[nH]c2ccc(Br)cc12. The summed E-state index contributed by atoms with van der Waals surface area (Å²) >= 11 is 3.45. The van der Waals surface area contributed by atoms with Gasteiger partial charge in [-0.2, -0.15) is 5.26 Å². The molecule has 2 rings (SSSR count). The van der Waals surface area contributed by atoms with Crippen molar-refractivity contribution in [2.45, 2.75) is 45.4 Å². The summed E-state index contributed by atoms with van der Waals surface area (Å²) in [5, 5.41) is 13.1. The van der Waals surface area contributed by atoms with Crippen molar-refractivity contribution in [1.82, 2.24) is 10.3 Å². The lowest BCUT2D eigenvalue weighted by Gasteiger charge is -2.04. The molecule has 0 aliphatic heterocycles. The summed E-state index contributed by atoms with van der Waals surface area (Å²) < 4.78 is 0.959. The first-order valence-electron chi connectivity index (χ1n) is 8.82. The fraction of sp³-hybridized carbons (Fsp3) is 0.400. The van der Waals surface area contributed by atoms with Gasteiger partial charge in [0.2, 0.25) is 0 Å². The van der Waals surface area contributed by atoms with Crippen LogP contribution in [-0.2, 0) is 4.79 Å². The van der Waals surface area contributed by atoms with Crippen molar-refractivity contribution < 1.29 is 4.79 Å². The zero-order valence-corrected chi connectivity index (χ0v) is 16.2. The molecule has 0 fully saturated rings. The molecule has 0 spiro atoms. The molecule has 0 unspecified atom stereocenters. The lowest BCUT2D eigenvalue weighted by Crippen LogP contribution is -2.25. The van der Waals surface area contributed by atoms with Crippen LogP contribution in [0.1, 0.15) is 51.0 Å². The molecule has 25 heavy (non-hydrogen) atoms. The molecule has 1 aromatic carbocycles. The summed E-state index contributed by atoms with van der Waals surface area (Å²) in [6.45, 7) is 2.81. The smallest absolute Gasteiger partial charge is 0.261 e. The molecule has 5 heteroatoms. The van der Waals surface area contributed by atoms with Crippen LogP contribution < -0.4 is 5.32 Å². The minimum absolute atomic E-state index is 0.131. The van der Waals surface area contributed by atoms with E-state index in [2.05, 4.69) is 33.2 Å². The molecule has 0 atom stereocenters. The van der Waals surface area contributed by atoms with Crippen LogP contribution in [0.4, 0.5) is 0 Å². The van der Waals surface area contributed by atoms with Gasteiger partial charge < -0.3 is 10.3 Å². The van der Waals surface area contributed by atoms with E-state index in [1.807, 2.05) is 30.5 Å². The average Bonchev–Trinajstić information content (AvgIpc) is 3.00. The van der Waals surface area contributed by atoms with Gasteiger partial charge in [0.05, 0.1) is 0 Å². The minimum Gasteiger partial charge on any atom is -0.361 e. The topological polar surface area (TPSA) is 68.7 Å². The summed E-state index contributed by atoms with van der Waals surface area (Å²) in [5.74, 6) is -0.305. The number of hydrogen-bond donors (Lipinski definition) is 2. The first-order chi connectivity index (χ1) is 12.2. The van der Waals surface area contributed by atoms with E-state index in [9.17, 15) is 10.1 Å². The number of unbranched alkanes of at least 4 members (excludes halogenated alkanes) is 5. The number of amides is 1. The maximum Gasteiger partial charge on any atom is 0.261 e. The van der Waals surface area contributed by atoms with Crippen LogP contribution >= 0.6 is 15.9 Å². The van der Waals surface area contributed by atoms with E-state index < -0.39 is 0 Å². The highest BCUT2D eigenvalue weighted by Gasteiger charge is 2.10. The Morgan fingerprint density at radius 1 is 1.28 bits per heavy atom. The van der Waals surface area contributed by atoms with Crippen molar-refractivity contribution >= 4 is 38.8 Å². The summed E-state index contributed by atoms with van der Waals surface area (Å²) in [4.78, 5) is 15.4. The number of carbonyl (C=O) groups excluding carboxylic acids is 1. The lowest BCUT2D eigenvalue weighted by atomic mass is 10.1. The molecule has 2 N–H and O–H groups in total. The number of nitriles is 1. The Labute approximate surface area is 157 Å². The van der Waals surface area contributed by atoms with Gasteiger partial charge in [-0.1, -0.05) is 55.0 Å². The van der Waals surface area contributed by atoms with Gasteiger partial charge in [-0.15, -0.1) is 0 Å². The second kappa shape index (κ2) is 10.0. The van der Waals surface area contributed by atoms with Crippen molar-refractivity contribution in [2.24, 2.45) is 0 Å². The lowest BCUT2D eigenvalue weighted by molar-refractivity contribution is -0.117. The molecule has 4 nitrogen and oxygen atoms in total. The van der Waals surface area contributed by atoms with Gasteiger partial charge in [0.1, 0.15) is 11.6 Å². The number of H-pyrrole nitrogens is 1. The molecule has 0 saturated carbocycles. The van der Waals surface area contributed by atoms with Crippen LogP contribution in [0.25, 0.3) is 17.0 Å². The van der Waals surface area contributed by atoms with Gasteiger partial charge in [-0.3, -0.25) is 4.79 Å². The van der Waals surface area contributed by atoms with Crippen LogP contribution in [0, 0.1) is 11.3 Å². The summed E-state index contributed by atoms with van der Waals surface area (Å²) in [7, 11) is 0. The van der Waals surface area contributed by atoms with Gasteiger partial charge in [0.15, 0.2) is 0 Å². The normalized spacial score (nSPS) is 11.5. The molecule has 1 amide bonds. The average molecular weight is 402 g/mol. The van der Waals surface area contributed by atoms with Gasteiger partial charge in [-0.05, 0) is 30.7 Å². The van der Waals surface area contributed by atoms with E-state index in [1.54, 1.807) is 6.08 Å². The van der Waals surface area contributed by atoms with E-state index in [0.717, 1.165) is 33.8 Å². The quantitative estimate of drug-likeness (QED) is 0.339. The molecular formula is C20H24BrN3O. The first-order valence-corrected chi connectivity index (χ1v) is 9.61. The number of carbonyl (C=O) groups is 1. The molecule has 0 radical (unpaired) electrons. The fourth-order valence-electron chi connectivity index (χ4n) is 2.74. The van der Waals surface area contributed by atoms with Crippen LogP contribution in [0.3, 0.4) is 0 Å². The Kier molecular flexibility index (Phi) is 7.75. The molecule has 0 saturated heterocycles. The molecule has 1 heterocycles. The van der Waals surface area contributed by atoms with Crippen LogP contribution in [0.15, 0.2) is 34.4 Å². The summed E-state index contributed by atoms with van der Waals surface area (Å²) in [5.41, 5.74) is 1.94. The second-order valence-electron chi connectivity index (χ2n) is 6.13. The van der Waals surface area contributed by atoms with Gasteiger partial charge >= 0.3 is 0 Å². The van der Waals surface area contributed by atoms with Gasteiger partial charge in [0.25, 0.3) is 5.91 Å². The van der Waals surface area contributed by atoms with Crippen LogP contribution in [0.5, 0.6) is 0 Å². The van der Waals surface area contributed by atoms with Gasteiger partial charge in [-0.25, -0.2) is 0 Å². The standard InChI is InChI=1S/C20H24BrN3O/c1-2-3-4-5-6-7-10-23-20(25)15(13-22)11-16-14-24-19-9-8-17(21)12-18(16)19/h8-9,11-12,14,24H,2-7,10H2,1H3,(H,23,25). The van der Waals surface area contributed by atoms with Crippen molar-refractivity contribution in [2.75, 3.05) is 6.54 Å². The Morgan fingerprint density at radius 2 is 2.04 bits per heavy atom. The van der Waals surface area contributed by atoms with Crippen molar-refractivity contribution in [3.8, 4) is 6.07 Å². The number of fused-ring (bicyclic) bond motifs is 1. The number of aromatic amines is 1. The molecule has 2 aromatic rings. The molecule has 0 aliphatic carbocycles. The Hall–Kier alpha value is -2.06. The molecular weight excluding hydrogens is 378 g/mol. The van der Waals surface area contributed by atoms with Crippen molar-refractivity contribution in [3.63, 3.8) is 0 Å². The predicted octanol–water partition coefficient (Wildman–Crippen LogP) is 5.31. The maximum atomic E-state index is 12.2. The molecule has 0 aliphatic rings. The number of benzene rings is 1. The zero-order chi connectivity index (χ0) is 18.1. The largest absolute Gasteiger partial charge is 0.361 e. The highest BCUT2D eigenvalue weighted by atomic mass is 79.9. The Morgan fingerprint density at radius 3 is 2.80 bits per heavy atom. The predicted molar refractivity (Wildman–Crippen MR) is 106 cm³/mol. The zero-order valence-electron chi connectivity index (χ0n) is 14.6. The summed E-state index contributed by atoms with van der Waals surface area (Å²) in [6, 6.07) is 7.89. The van der Waals surface area contributed by atoms with Gasteiger partial charge in [0, 0.05) is 33.7 Å². The highest BCUT2D eigenvalue weighted by molar-refractivity contribution is 9.10. The van der Waals surface area contributed by atoms with E-state index >= 15 is 0 Å². The number of nitrogens with zero attached hydrogens (tertiary/aromatic N) is 1. The third-order valence-corrected chi connectivity index (χ3v) is 4.65. The fourth-order valence-corrected chi connectivity index (χ4v) is 3.10. The monoisotopic (exact) mass is 401 g/mol. The first kappa shape index (κ1) is 19.3. The Balaban J connectivity index is 1.94. The third-order valence-electron chi connectivity index (χ3n) is 4.16. The Bertz CT molecular complexity index is 786. The molecule has 1 aromatic heterocycles. The van der Waals surface area contributed by atoms with Crippen LogP contribution in [0.2, 0.25) is 0 Å². The van der Waals surface area contributed by atoms with Crippen LogP contribution in [-0.4, -0.2) is 17.4 Å². The highest BCUT2D eigenvalue weighted by Crippen LogP contribution is 2.24. The molecule has 0 bridgehead atoms.